The highest BCUT2D eigenvalue weighted by molar-refractivity contribution is 6.30. The summed E-state index contributed by atoms with van der Waals surface area (Å²) < 4.78 is 7.47. The second-order valence-electron chi connectivity index (χ2n) is 6.04. The number of nitrogens with zero attached hydrogens (tertiary/aromatic N) is 2. The number of rotatable bonds is 4. The Hall–Kier alpha value is -1.52. The number of nitrogens with one attached hydrogen (secondary N) is 1. The maximum atomic E-state index is 6.41. The fourth-order valence-corrected chi connectivity index (χ4v) is 3.18. The number of hydrogen-bond acceptors (Lipinski definition) is 3. The van der Waals surface area contributed by atoms with Crippen molar-refractivity contribution >= 4 is 11.6 Å². The fourth-order valence-electron chi connectivity index (χ4n) is 2.97. The summed E-state index contributed by atoms with van der Waals surface area (Å²) in [6.07, 6.45) is 0.964. The maximum Gasteiger partial charge on any atom is 0.131 e. The van der Waals surface area contributed by atoms with E-state index in [4.69, 9.17) is 16.3 Å². The van der Waals surface area contributed by atoms with Crippen LogP contribution >= 0.6 is 11.6 Å². The zero-order valence-electron chi connectivity index (χ0n) is 13.3. The first-order chi connectivity index (χ1) is 10.6. The number of hydrogen-bond donors (Lipinski definition) is 1. The molecule has 0 saturated heterocycles. The first-order valence-electron chi connectivity index (χ1n) is 7.74. The number of benzene rings is 1. The molecule has 2 aromatic rings. The van der Waals surface area contributed by atoms with E-state index in [0.29, 0.717) is 12.0 Å². The van der Waals surface area contributed by atoms with Gasteiger partial charge in [-0.25, -0.2) is 0 Å². The average molecular weight is 320 g/mol. The standard InChI is InChI=1S/C17H22ClN3O/c1-11(2)16-13(17(18)21(3)20-16)10-19-14-8-9-22-15-7-5-4-6-12(14)15/h4-7,11,14,19H,8-10H2,1-3H3/t14-/m0/s1. The topological polar surface area (TPSA) is 39.1 Å². The molecule has 0 fully saturated rings. The van der Waals surface area contributed by atoms with E-state index in [1.54, 1.807) is 4.68 Å². The molecule has 1 aliphatic heterocycles. The van der Waals surface area contributed by atoms with Gasteiger partial charge < -0.3 is 10.1 Å². The van der Waals surface area contributed by atoms with Crippen molar-refractivity contribution in [3.05, 3.63) is 46.2 Å². The van der Waals surface area contributed by atoms with E-state index in [0.717, 1.165) is 41.7 Å². The minimum Gasteiger partial charge on any atom is -0.493 e. The van der Waals surface area contributed by atoms with Crippen molar-refractivity contribution in [2.24, 2.45) is 7.05 Å². The van der Waals surface area contributed by atoms with Gasteiger partial charge >= 0.3 is 0 Å². The van der Waals surface area contributed by atoms with Crippen LogP contribution in [0.15, 0.2) is 24.3 Å². The lowest BCUT2D eigenvalue weighted by Gasteiger charge is -2.26. The van der Waals surface area contributed by atoms with Crippen LogP contribution in [-0.4, -0.2) is 16.4 Å². The molecule has 0 bridgehead atoms. The molecule has 3 rings (SSSR count). The van der Waals surface area contributed by atoms with Gasteiger partial charge in [0.1, 0.15) is 10.9 Å². The summed E-state index contributed by atoms with van der Waals surface area (Å²) in [7, 11) is 1.89. The van der Waals surface area contributed by atoms with Crippen molar-refractivity contribution in [1.29, 1.82) is 0 Å². The van der Waals surface area contributed by atoms with E-state index in [2.05, 4.69) is 36.4 Å². The van der Waals surface area contributed by atoms with Crippen LogP contribution in [0.3, 0.4) is 0 Å². The Labute approximate surface area is 136 Å². The van der Waals surface area contributed by atoms with Crippen LogP contribution in [0.1, 0.15) is 49.0 Å². The Morgan fingerprint density at radius 1 is 1.41 bits per heavy atom. The quantitative estimate of drug-likeness (QED) is 0.931. The summed E-state index contributed by atoms with van der Waals surface area (Å²) in [5, 5.41) is 8.88. The highest BCUT2D eigenvalue weighted by Gasteiger charge is 2.23. The number of ether oxygens (including phenoxy) is 1. The molecular weight excluding hydrogens is 298 g/mol. The monoisotopic (exact) mass is 319 g/mol. The number of fused-ring (bicyclic) bond motifs is 1. The van der Waals surface area contributed by atoms with E-state index < -0.39 is 0 Å². The molecule has 1 aromatic carbocycles. The van der Waals surface area contributed by atoms with Crippen LogP contribution in [0.25, 0.3) is 0 Å². The molecule has 22 heavy (non-hydrogen) atoms. The molecule has 0 saturated carbocycles. The van der Waals surface area contributed by atoms with Crippen molar-refractivity contribution < 1.29 is 4.74 Å². The molecule has 2 heterocycles. The van der Waals surface area contributed by atoms with Gasteiger partial charge in [0.05, 0.1) is 12.3 Å². The smallest absolute Gasteiger partial charge is 0.131 e. The Kier molecular flexibility index (Phi) is 4.41. The van der Waals surface area contributed by atoms with Gasteiger partial charge in [0, 0.05) is 37.2 Å². The Bertz CT molecular complexity index is 666. The van der Waals surface area contributed by atoms with E-state index >= 15 is 0 Å². The Balaban J connectivity index is 1.80. The third-order valence-corrected chi connectivity index (χ3v) is 4.60. The van der Waals surface area contributed by atoms with Crippen LogP contribution < -0.4 is 10.1 Å². The van der Waals surface area contributed by atoms with Crippen molar-refractivity contribution in [2.75, 3.05) is 6.61 Å². The number of para-hydroxylation sites is 1. The lowest BCUT2D eigenvalue weighted by molar-refractivity contribution is 0.252. The van der Waals surface area contributed by atoms with Gasteiger partial charge in [-0.3, -0.25) is 4.68 Å². The van der Waals surface area contributed by atoms with Gasteiger partial charge in [-0.15, -0.1) is 0 Å². The highest BCUT2D eigenvalue weighted by Crippen LogP contribution is 2.32. The summed E-state index contributed by atoms with van der Waals surface area (Å²) in [4.78, 5) is 0. The molecule has 0 aliphatic carbocycles. The lowest BCUT2D eigenvalue weighted by Crippen LogP contribution is -2.27. The molecular formula is C17H22ClN3O. The van der Waals surface area contributed by atoms with Gasteiger partial charge in [-0.05, 0) is 12.0 Å². The SMILES string of the molecule is CC(C)c1nn(C)c(Cl)c1CN[C@H]1CCOc2ccccc21. The first kappa shape index (κ1) is 15.4. The first-order valence-corrected chi connectivity index (χ1v) is 8.12. The Morgan fingerprint density at radius 2 is 2.18 bits per heavy atom. The minimum absolute atomic E-state index is 0.293. The van der Waals surface area contributed by atoms with Crippen LogP contribution in [0, 0.1) is 0 Å². The molecule has 5 heteroatoms. The summed E-state index contributed by atoms with van der Waals surface area (Å²) in [5.41, 5.74) is 3.39. The summed E-state index contributed by atoms with van der Waals surface area (Å²) in [5.74, 6) is 1.34. The van der Waals surface area contributed by atoms with Gasteiger partial charge in [0.25, 0.3) is 0 Å². The second-order valence-corrected chi connectivity index (χ2v) is 6.40. The largest absolute Gasteiger partial charge is 0.493 e. The predicted octanol–water partition coefficient (Wildman–Crippen LogP) is 3.81. The van der Waals surface area contributed by atoms with Crippen LogP contribution in [0.5, 0.6) is 5.75 Å². The van der Waals surface area contributed by atoms with Crippen molar-refractivity contribution in [1.82, 2.24) is 15.1 Å². The third-order valence-electron chi connectivity index (χ3n) is 4.13. The molecule has 0 radical (unpaired) electrons. The van der Waals surface area contributed by atoms with Crippen LogP contribution in [0.2, 0.25) is 5.15 Å². The van der Waals surface area contributed by atoms with E-state index in [1.807, 2.05) is 19.2 Å². The number of aromatic nitrogens is 2. The zero-order chi connectivity index (χ0) is 15.7. The summed E-state index contributed by atoms with van der Waals surface area (Å²) in [6.45, 7) is 5.75. The van der Waals surface area contributed by atoms with E-state index in [9.17, 15) is 0 Å². The molecule has 1 aliphatic rings. The van der Waals surface area contributed by atoms with Crippen LogP contribution in [-0.2, 0) is 13.6 Å². The van der Waals surface area contributed by atoms with Crippen LogP contribution in [0.4, 0.5) is 0 Å². The fraction of sp³-hybridized carbons (Fsp3) is 0.471. The average Bonchev–Trinajstić information content (AvgIpc) is 2.81. The van der Waals surface area contributed by atoms with E-state index in [-0.39, 0.29) is 0 Å². The normalized spacial score (nSPS) is 17.4. The Morgan fingerprint density at radius 3 is 2.95 bits per heavy atom. The van der Waals surface area contributed by atoms with Gasteiger partial charge in [-0.1, -0.05) is 43.6 Å². The molecule has 118 valence electrons. The van der Waals surface area contributed by atoms with Crippen molar-refractivity contribution in [2.45, 2.75) is 38.8 Å². The molecule has 1 N–H and O–H groups in total. The third kappa shape index (κ3) is 2.85. The molecule has 0 spiro atoms. The molecule has 0 amide bonds. The number of aryl methyl sites for hydroxylation is 1. The minimum atomic E-state index is 0.293. The summed E-state index contributed by atoms with van der Waals surface area (Å²) in [6, 6.07) is 8.51. The van der Waals surface area contributed by atoms with Gasteiger partial charge in [0.15, 0.2) is 0 Å². The molecule has 4 nitrogen and oxygen atoms in total. The predicted molar refractivity (Wildman–Crippen MR) is 88.4 cm³/mol. The maximum absolute atomic E-state index is 6.41. The zero-order valence-corrected chi connectivity index (χ0v) is 14.0. The number of halogens is 1. The molecule has 1 atom stereocenters. The lowest BCUT2D eigenvalue weighted by atomic mass is 10.00. The van der Waals surface area contributed by atoms with Crippen molar-refractivity contribution in [3.8, 4) is 5.75 Å². The highest BCUT2D eigenvalue weighted by atomic mass is 35.5. The summed E-state index contributed by atoms with van der Waals surface area (Å²) >= 11 is 6.41. The van der Waals surface area contributed by atoms with Gasteiger partial charge in [0.2, 0.25) is 0 Å². The van der Waals surface area contributed by atoms with Crippen molar-refractivity contribution in [3.63, 3.8) is 0 Å². The second kappa shape index (κ2) is 6.31. The molecule has 1 aromatic heterocycles. The van der Waals surface area contributed by atoms with E-state index in [1.165, 1.54) is 5.56 Å². The van der Waals surface area contributed by atoms with Gasteiger partial charge in [-0.2, -0.15) is 5.10 Å². The molecule has 0 unspecified atom stereocenters.